The molecule has 0 unspecified atom stereocenters. The first kappa shape index (κ1) is 16.7. The van der Waals surface area contributed by atoms with Crippen LogP contribution in [0.3, 0.4) is 0 Å². The Hall–Kier alpha value is -3.75. The maximum Gasteiger partial charge on any atom is 0.415 e. The molecule has 9 heteroatoms. The van der Waals surface area contributed by atoms with Gasteiger partial charge in [0.1, 0.15) is 5.69 Å². The lowest BCUT2D eigenvalue weighted by molar-refractivity contribution is -0.124. The molecule has 0 saturated carbocycles. The molecule has 3 aromatic rings. The van der Waals surface area contributed by atoms with Crippen LogP contribution in [0.1, 0.15) is 0 Å². The molecule has 0 bridgehead atoms. The van der Waals surface area contributed by atoms with E-state index in [2.05, 4.69) is 10.1 Å². The van der Waals surface area contributed by atoms with E-state index in [-0.39, 0.29) is 17.9 Å². The number of rotatable bonds is 4. The van der Waals surface area contributed by atoms with E-state index in [0.717, 1.165) is 16.2 Å². The van der Waals surface area contributed by atoms with Crippen LogP contribution in [-0.2, 0) is 9.53 Å². The van der Waals surface area contributed by atoms with E-state index >= 15 is 0 Å². The van der Waals surface area contributed by atoms with E-state index in [1.54, 1.807) is 30.7 Å². The van der Waals surface area contributed by atoms with Gasteiger partial charge < -0.3 is 10.5 Å². The van der Waals surface area contributed by atoms with Crippen molar-refractivity contribution in [1.29, 1.82) is 0 Å². The van der Waals surface area contributed by atoms with Crippen LogP contribution < -0.4 is 10.6 Å². The lowest BCUT2D eigenvalue weighted by Crippen LogP contribution is -2.32. The summed E-state index contributed by atoms with van der Waals surface area (Å²) < 4.78 is 20.9. The minimum Gasteiger partial charge on any atom is -0.434 e. The van der Waals surface area contributed by atoms with E-state index in [4.69, 9.17) is 10.5 Å². The summed E-state index contributed by atoms with van der Waals surface area (Å²) in [6, 6.07) is 9.70. The Balaban J connectivity index is 1.61. The van der Waals surface area contributed by atoms with Crippen LogP contribution in [0.4, 0.5) is 14.9 Å². The number of carbonyl (C=O) groups excluding carboxylic acids is 2. The van der Waals surface area contributed by atoms with Crippen molar-refractivity contribution in [2.75, 3.05) is 11.4 Å². The number of nitrogens with two attached hydrogens (primary N) is 1. The van der Waals surface area contributed by atoms with Crippen LogP contribution in [0, 0.1) is 5.82 Å². The van der Waals surface area contributed by atoms with Crippen molar-refractivity contribution in [3.8, 4) is 16.9 Å². The SMILES string of the molecule is NC(=O)[C@@H]1CN(c2ccc(-n3cc(-c4ccccn4)cn3)c(F)c2)C(=O)O1. The summed E-state index contributed by atoms with van der Waals surface area (Å²) in [6.07, 6.45) is 3.12. The molecule has 1 atom stereocenters. The van der Waals surface area contributed by atoms with Crippen LogP contribution in [0.15, 0.2) is 55.0 Å². The van der Waals surface area contributed by atoms with E-state index in [0.29, 0.717) is 0 Å². The Morgan fingerprint density at radius 1 is 1.30 bits per heavy atom. The summed E-state index contributed by atoms with van der Waals surface area (Å²) >= 11 is 0. The summed E-state index contributed by atoms with van der Waals surface area (Å²) in [7, 11) is 0. The zero-order valence-electron chi connectivity index (χ0n) is 13.9. The van der Waals surface area contributed by atoms with E-state index in [9.17, 15) is 14.0 Å². The largest absolute Gasteiger partial charge is 0.434 e. The second-order valence-electron chi connectivity index (χ2n) is 5.91. The molecular formula is C18H14FN5O3. The molecule has 1 fully saturated rings. The van der Waals surface area contributed by atoms with Gasteiger partial charge in [0.15, 0.2) is 11.9 Å². The molecule has 1 aliphatic heterocycles. The van der Waals surface area contributed by atoms with Gasteiger partial charge in [0.25, 0.3) is 5.91 Å². The van der Waals surface area contributed by atoms with Crippen LogP contribution in [0.2, 0.25) is 0 Å². The molecule has 1 aliphatic rings. The number of hydrogen-bond donors (Lipinski definition) is 1. The molecule has 1 saturated heterocycles. The van der Waals surface area contributed by atoms with Crippen LogP contribution >= 0.6 is 0 Å². The fourth-order valence-electron chi connectivity index (χ4n) is 2.79. The van der Waals surface area contributed by atoms with Crippen LogP contribution in [0.25, 0.3) is 16.9 Å². The van der Waals surface area contributed by atoms with Crippen molar-refractivity contribution in [2.45, 2.75) is 6.10 Å². The van der Waals surface area contributed by atoms with Gasteiger partial charge >= 0.3 is 6.09 Å². The first-order valence-corrected chi connectivity index (χ1v) is 8.06. The monoisotopic (exact) mass is 367 g/mol. The molecule has 2 N–H and O–H groups in total. The highest BCUT2D eigenvalue weighted by Gasteiger charge is 2.36. The molecule has 136 valence electrons. The van der Waals surface area contributed by atoms with Gasteiger partial charge in [0, 0.05) is 18.0 Å². The highest BCUT2D eigenvalue weighted by atomic mass is 19.1. The van der Waals surface area contributed by atoms with Gasteiger partial charge in [0.2, 0.25) is 0 Å². The Morgan fingerprint density at radius 2 is 2.15 bits per heavy atom. The third-order valence-electron chi connectivity index (χ3n) is 4.16. The average Bonchev–Trinajstić information content (AvgIpc) is 3.29. The number of pyridine rings is 1. The van der Waals surface area contributed by atoms with Gasteiger partial charge in [-0.15, -0.1) is 0 Å². The third-order valence-corrected chi connectivity index (χ3v) is 4.16. The van der Waals surface area contributed by atoms with Gasteiger partial charge in [-0.25, -0.2) is 13.9 Å². The molecule has 3 heterocycles. The molecule has 1 aromatic carbocycles. The second kappa shape index (κ2) is 6.52. The number of nitrogens with zero attached hydrogens (tertiary/aromatic N) is 4. The number of primary amides is 1. The maximum atomic E-state index is 14.6. The third kappa shape index (κ3) is 3.10. The van der Waals surface area contributed by atoms with Gasteiger partial charge in [-0.05, 0) is 30.3 Å². The fraction of sp³-hybridized carbons (Fsp3) is 0.111. The molecule has 0 spiro atoms. The number of ether oxygens (including phenoxy) is 1. The Bertz CT molecular complexity index is 1020. The molecule has 4 rings (SSSR count). The maximum absolute atomic E-state index is 14.6. The van der Waals surface area contributed by atoms with E-state index in [1.165, 1.54) is 16.8 Å². The first-order valence-electron chi connectivity index (χ1n) is 8.06. The van der Waals surface area contributed by atoms with Crippen molar-refractivity contribution in [3.05, 3.63) is 60.8 Å². The number of aromatic nitrogens is 3. The molecule has 0 aliphatic carbocycles. The highest BCUT2D eigenvalue weighted by Crippen LogP contribution is 2.26. The van der Waals surface area contributed by atoms with E-state index < -0.39 is 23.9 Å². The zero-order chi connectivity index (χ0) is 19.0. The molecule has 27 heavy (non-hydrogen) atoms. The quantitative estimate of drug-likeness (QED) is 0.758. The van der Waals surface area contributed by atoms with Gasteiger partial charge in [-0.1, -0.05) is 6.07 Å². The number of carbonyl (C=O) groups is 2. The van der Waals surface area contributed by atoms with Gasteiger partial charge in [0.05, 0.1) is 24.1 Å². The van der Waals surface area contributed by atoms with Crippen LogP contribution in [0.5, 0.6) is 0 Å². The lowest BCUT2D eigenvalue weighted by atomic mass is 10.2. The Kier molecular flexibility index (Phi) is 4.03. The first-order chi connectivity index (χ1) is 13.0. The molecule has 2 aromatic heterocycles. The molecular weight excluding hydrogens is 353 g/mol. The van der Waals surface area contributed by atoms with Crippen molar-refractivity contribution in [3.63, 3.8) is 0 Å². The number of cyclic esters (lactones) is 1. The summed E-state index contributed by atoms with van der Waals surface area (Å²) in [6.45, 7) is -0.0570. The lowest BCUT2D eigenvalue weighted by Gasteiger charge is -2.14. The molecule has 0 radical (unpaired) electrons. The number of benzene rings is 1. The normalized spacial score (nSPS) is 16.4. The fourth-order valence-corrected chi connectivity index (χ4v) is 2.79. The number of halogens is 1. The minimum atomic E-state index is -1.05. The number of hydrogen-bond acceptors (Lipinski definition) is 5. The van der Waals surface area contributed by atoms with Gasteiger partial charge in [-0.2, -0.15) is 5.10 Å². The van der Waals surface area contributed by atoms with Crippen molar-refractivity contribution in [2.24, 2.45) is 5.73 Å². The van der Waals surface area contributed by atoms with Crippen molar-refractivity contribution in [1.82, 2.24) is 14.8 Å². The Labute approximate surface area is 153 Å². The minimum absolute atomic E-state index is 0.0570. The average molecular weight is 367 g/mol. The van der Waals surface area contributed by atoms with Gasteiger partial charge in [-0.3, -0.25) is 14.7 Å². The molecule has 2 amide bonds. The summed E-state index contributed by atoms with van der Waals surface area (Å²) in [5.41, 5.74) is 7.08. The van der Waals surface area contributed by atoms with Crippen LogP contribution in [-0.4, -0.2) is 39.4 Å². The summed E-state index contributed by atoms with van der Waals surface area (Å²) in [5.74, 6) is -1.33. The topological polar surface area (TPSA) is 103 Å². The number of anilines is 1. The summed E-state index contributed by atoms with van der Waals surface area (Å²) in [4.78, 5) is 28.4. The van der Waals surface area contributed by atoms with Crippen molar-refractivity contribution >= 4 is 17.7 Å². The number of amides is 2. The predicted octanol–water partition coefficient (Wildman–Crippen LogP) is 1.88. The standard InChI is InChI=1S/C18H14FN5O3/c19-13-7-12(23-10-16(17(20)25)27-18(23)26)4-5-15(13)24-9-11(8-22-24)14-3-1-2-6-21-14/h1-9,16H,10H2,(H2,20,25)/t16-/m0/s1. The van der Waals surface area contributed by atoms with E-state index in [1.807, 2.05) is 12.1 Å². The smallest absolute Gasteiger partial charge is 0.415 e. The zero-order valence-corrected chi connectivity index (χ0v) is 13.9. The predicted molar refractivity (Wildman–Crippen MR) is 93.6 cm³/mol. The van der Waals surface area contributed by atoms with Crippen molar-refractivity contribution < 1.29 is 18.7 Å². The highest BCUT2D eigenvalue weighted by molar-refractivity contribution is 5.95. The molecule has 8 nitrogen and oxygen atoms in total. The Morgan fingerprint density at radius 3 is 2.81 bits per heavy atom. The summed E-state index contributed by atoms with van der Waals surface area (Å²) in [5, 5.41) is 4.17. The second-order valence-corrected chi connectivity index (χ2v) is 5.91.